The standard InChI is InChI=1S/C18H13Cl2F6N/c19-15-6-4-11(8-16(15)20)13(17(21,22)23)5-2-10-1-3-12(9-27)14(7-10)18(24,25)26/h1-8,13H,9,27H2/b5-2+. The fourth-order valence-corrected chi connectivity index (χ4v) is 2.77. The molecule has 1 unspecified atom stereocenters. The molecule has 2 rings (SSSR count). The summed E-state index contributed by atoms with van der Waals surface area (Å²) >= 11 is 11.5. The van der Waals surface area contributed by atoms with E-state index >= 15 is 0 Å². The molecule has 1 atom stereocenters. The molecule has 2 aromatic rings. The second kappa shape index (κ2) is 8.12. The number of nitrogens with two attached hydrogens (primary N) is 1. The minimum atomic E-state index is -4.67. The number of hydrogen-bond acceptors (Lipinski definition) is 1. The Balaban J connectivity index is 2.44. The van der Waals surface area contributed by atoms with E-state index in [9.17, 15) is 26.3 Å². The minimum Gasteiger partial charge on any atom is -0.326 e. The number of halogens is 8. The molecule has 0 bridgehead atoms. The zero-order chi connectivity index (χ0) is 20.4. The van der Waals surface area contributed by atoms with Crippen LogP contribution in [0.15, 0.2) is 42.5 Å². The monoisotopic (exact) mass is 427 g/mol. The largest absolute Gasteiger partial charge is 0.416 e. The zero-order valence-corrected chi connectivity index (χ0v) is 15.0. The van der Waals surface area contributed by atoms with Crippen LogP contribution in [-0.2, 0) is 12.7 Å². The van der Waals surface area contributed by atoms with Gasteiger partial charge in [0.1, 0.15) is 0 Å². The topological polar surface area (TPSA) is 26.0 Å². The molecule has 0 aliphatic rings. The SMILES string of the molecule is NCc1ccc(/C=C/C(c2ccc(Cl)c(Cl)c2)C(F)(F)F)cc1C(F)(F)F. The molecule has 2 aromatic carbocycles. The molecule has 1 nitrogen and oxygen atoms in total. The number of hydrogen-bond donors (Lipinski definition) is 1. The summed E-state index contributed by atoms with van der Waals surface area (Å²) in [5.74, 6) is -2.06. The van der Waals surface area contributed by atoms with E-state index in [1.165, 1.54) is 12.1 Å². The van der Waals surface area contributed by atoms with Gasteiger partial charge in [-0.15, -0.1) is 0 Å². The predicted octanol–water partition coefficient (Wildman–Crippen LogP) is 6.83. The Morgan fingerprint density at radius 1 is 0.926 bits per heavy atom. The summed E-state index contributed by atoms with van der Waals surface area (Å²) in [5.41, 5.74) is 3.95. The fraction of sp³-hybridized carbons (Fsp3) is 0.222. The van der Waals surface area contributed by atoms with Gasteiger partial charge in [0.25, 0.3) is 0 Å². The van der Waals surface area contributed by atoms with Crippen molar-refractivity contribution in [1.29, 1.82) is 0 Å². The quantitative estimate of drug-likeness (QED) is 0.531. The first kappa shape index (κ1) is 21.6. The van der Waals surface area contributed by atoms with Crippen LogP contribution in [0.5, 0.6) is 0 Å². The van der Waals surface area contributed by atoms with Crippen LogP contribution < -0.4 is 5.73 Å². The first-order valence-electron chi connectivity index (χ1n) is 7.53. The maximum absolute atomic E-state index is 13.4. The van der Waals surface area contributed by atoms with Crippen LogP contribution in [-0.4, -0.2) is 6.18 Å². The molecule has 0 radical (unpaired) electrons. The van der Waals surface area contributed by atoms with Gasteiger partial charge in [-0.1, -0.05) is 53.6 Å². The Kier molecular flexibility index (Phi) is 6.50. The van der Waals surface area contributed by atoms with Crippen LogP contribution in [0, 0.1) is 0 Å². The van der Waals surface area contributed by atoms with Crippen LogP contribution in [0.25, 0.3) is 6.08 Å². The van der Waals surface area contributed by atoms with Crippen LogP contribution in [0.3, 0.4) is 0 Å². The Morgan fingerprint density at radius 3 is 2.11 bits per heavy atom. The average Bonchev–Trinajstić information content (AvgIpc) is 2.56. The highest BCUT2D eigenvalue weighted by atomic mass is 35.5. The van der Waals surface area contributed by atoms with E-state index in [0.29, 0.717) is 0 Å². The lowest BCUT2D eigenvalue weighted by Gasteiger charge is -2.18. The van der Waals surface area contributed by atoms with Crippen molar-refractivity contribution in [3.05, 3.63) is 74.8 Å². The maximum Gasteiger partial charge on any atom is 0.416 e. The smallest absolute Gasteiger partial charge is 0.326 e. The Morgan fingerprint density at radius 2 is 1.59 bits per heavy atom. The lowest BCUT2D eigenvalue weighted by atomic mass is 9.96. The van der Waals surface area contributed by atoms with Gasteiger partial charge in [-0.05, 0) is 34.9 Å². The van der Waals surface area contributed by atoms with Gasteiger partial charge in [0.05, 0.1) is 21.5 Å². The van der Waals surface area contributed by atoms with Crippen molar-refractivity contribution >= 4 is 29.3 Å². The first-order chi connectivity index (χ1) is 12.4. The Hall–Kier alpha value is -1.70. The van der Waals surface area contributed by atoms with E-state index in [4.69, 9.17) is 28.9 Å². The molecule has 0 spiro atoms. The molecule has 146 valence electrons. The van der Waals surface area contributed by atoms with Crippen LogP contribution >= 0.6 is 23.2 Å². The molecule has 27 heavy (non-hydrogen) atoms. The lowest BCUT2D eigenvalue weighted by molar-refractivity contribution is -0.140. The van der Waals surface area contributed by atoms with Gasteiger partial charge >= 0.3 is 12.4 Å². The average molecular weight is 428 g/mol. The number of benzene rings is 2. The molecule has 2 N–H and O–H groups in total. The summed E-state index contributed by atoms with van der Waals surface area (Å²) < 4.78 is 79.4. The van der Waals surface area contributed by atoms with Crippen molar-refractivity contribution in [2.24, 2.45) is 5.73 Å². The fourth-order valence-electron chi connectivity index (χ4n) is 2.46. The summed E-state index contributed by atoms with van der Waals surface area (Å²) in [5, 5.41) is 0.0426. The van der Waals surface area contributed by atoms with Gasteiger partial charge in [0, 0.05) is 6.54 Å². The third-order valence-corrected chi connectivity index (χ3v) is 4.53. The van der Waals surface area contributed by atoms with E-state index in [0.717, 1.165) is 36.4 Å². The normalized spacial score (nSPS) is 14.0. The second-order valence-corrected chi connectivity index (χ2v) is 6.48. The van der Waals surface area contributed by atoms with Crippen LogP contribution in [0.2, 0.25) is 10.0 Å². The van der Waals surface area contributed by atoms with Gasteiger partial charge < -0.3 is 5.73 Å². The molecular formula is C18H13Cl2F6N. The molecule has 0 fully saturated rings. The summed E-state index contributed by atoms with van der Waals surface area (Å²) in [4.78, 5) is 0. The molecular weight excluding hydrogens is 415 g/mol. The molecule has 0 aromatic heterocycles. The van der Waals surface area contributed by atoms with Crippen LogP contribution in [0.4, 0.5) is 26.3 Å². The van der Waals surface area contributed by atoms with Gasteiger partial charge in [-0.2, -0.15) is 26.3 Å². The second-order valence-electron chi connectivity index (χ2n) is 5.67. The molecule has 9 heteroatoms. The van der Waals surface area contributed by atoms with Gasteiger partial charge in [-0.3, -0.25) is 0 Å². The Bertz CT molecular complexity index is 843. The summed E-state index contributed by atoms with van der Waals surface area (Å²) in [6, 6.07) is 6.64. The molecule has 0 amide bonds. The number of allylic oxidation sites excluding steroid dienone is 1. The van der Waals surface area contributed by atoms with Crippen LogP contribution in [0.1, 0.15) is 28.2 Å². The highest BCUT2D eigenvalue weighted by molar-refractivity contribution is 6.42. The molecule has 0 aliphatic heterocycles. The van der Waals surface area contributed by atoms with Crippen molar-refractivity contribution in [2.45, 2.75) is 24.8 Å². The van der Waals surface area contributed by atoms with E-state index in [1.54, 1.807) is 0 Å². The van der Waals surface area contributed by atoms with Crippen molar-refractivity contribution in [1.82, 2.24) is 0 Å². The molecule has 0 aliphatic carbocycles. The molecule has 0 saturated carbocycles. The highest BCUT2D eigenvalue weighted by Gasteiger charge is 2.39. The van der Waals surface area contributed by atoms with Crippen molar-refractivity contribution in [3.8, 4) is 0 Å². The minimum absolute atomic E-state index is 0.0335. The number of alkyl halides is 6. The van der Waals surface area contributed by atoms with Crippen molar-refractivity contribution in [2.75, 3.05) is 0 Å². The van der Waals surface area contributed by atoms with Gasteiger partial charge in [0.2, 0.25) is 0 Å². The summed E-state index contributed by atoms with van der Waals surface area (Å²) in [6.45, 7) is -0.340. The van der Waals surface area contributed by atoms with E-state index in [-0.39, 0.29) is 33.3 Å². The van der Waals surface area contributed by atoms with E-state index in [2.05, 4.69) is 0 Å². The van der Waals surface area contributed by atoms with Gasteiger partial charge in [-0.25, -0.2) is 0 Å². The van der Waals surface area contributed by atoms with Gasteiger partial charge in [0.15, 0.2) is 0 Å². The molecule has 0 heterocycles. The summed E-state index contributed by atoms with van der Waals surface area (Å²) in [7, 11) is 0. The first-order valence-corrected chi connectivity index (χ1v) is 8.29. The lowest BCUT2D eigenvalue weighted by Crippen LogP contribution is -2.19. The third kappa shape index (κ3) is 5.40. The molecule has 0 saturated heterocycles. The highest BCUT2D eigenvalue weighted by Crippen LogP contribution is 2.39. The predicted molar refractivity (Wildman–Crippen MR) is 93.6 cm³/mol. The number of rotatable bonds is 4. The van der Waals surface area contributed by atoms with E-state index in [1.807, 2.05) is 0 Å². The third-order valence-electron chi connectivity index (χ3n) is 3.80. The summed E-state index contributed by atoms with van der Waals surface area (Å²) in [6.07, 6.45) is -7.57. The maximum atomic E-state index is 13.4. The van der Waals surface area contributed by atoms with Crippen molar-refractivity contribution < 1.29 is 26.3 Å². The van der Waals surface area contributed by atoms with E-state index < -0.39 is 23.8 Å². The Labute approximate surface area is 161 Å². The zero-order valence-electron chi connectivity index (χ0n) is 13.5. The van der Waals surface area contributed by atoms with Crippen molar-refractivity contribution in [3.63, 3.8) is 0 Å².